The minimum atomic E-state index is -0.653. The molecule has 0 aliphatic carbocycles. The van der Waals surface area contributed by atoms with Gasteiger partial charge in [0.2, 0.25) is 5.91 Å². The second kappa shape index (κ2) is 5.93. The number of ether oxygens (including phenoxy) is 1. The van der Waals surface area contributed by atoms with Crippen molar-refractivity contribution in [3.05, 3.63) is 24.3 Å². The predicted octanol–water partition coefficient (Wildman–Crippen LogP) is 1.80. The number of para-hydroxylation sites is 1. The zero-order valence-electron chi connectivity index (χ0n) is 10.3. The summed E-state index contributed by atoms with van der Waals surface area (Å²) in [7, 11) is 0. The minimum Gasteiger partial charge on any atom is -0.491 e. The fourth-order valence-corrected chi connectivity index (χ4v) is 1.80. The van der Waals surface area contributed by atoms with E-state index in [4.69, 9.17) is 10.6 Å². The lowest BCUT2D eigenvalue weighted by atomic mass is 9.94. The summed E-state index contributed by atoms with van der Waals surface area (Å²) in [6.07, 6.45) is 1.99. The first-order valence-corrected chi connectivity index (χ1v) is 6.50. The van der Waals surface area contributed by atoms with Crippen LogP contribution < -0.4 is 16.0 Å². The van der Waals surface area contributed by atoms with Crippen LogP contribution in [0.3, 0.4) is 0 Å². The van der Waals surface area contributed by atoms with E-state index in [0.29, 0.717) is 0 Å². The van der Waals surface area contributed by atoms with Gasteiger partial charge in [-0.1, -0.05) is 12.1 Å². The Kier molecular flexibility index (Phi) is 4.84. The Bertz CT molecular complexity index is 394. The maximum absolute atomic E-state index is 11.5. The zero-order valence-corrected chi connectivity index (χ0v) is 11.1. The number of thioether (sulfide) groups is 1. The molecule has 1 amide bonds. The highest BCUT2D eigenvalue weighted by atomic mass is 32.2. The van der Waals surface area contributed by atoms with Gasteiger partial charge in [0.1, 0.15) is 12.4 Å². The van der Waals surface area contributed by atoms with Crippen LogP contribution in [0.15, 0.2) is 29.2 Å². The van der Waals surface area contributed by atoms with Gasteiger partial charge in [0.05, 0.1) is 5.41 Å². The Morgan fingerprint density at radius 3 is 2.71 bits per heavy atom. The molecule has 4 nitrogen and oxygen atoms in total. The smallest absolute Gasteiger partial charge is 0.242 e. The SMILES string of the molecule is CSc1ccccc1OCC(C)(C)C(=O)NN. The molecule has 3 N–H and O–H groups in total. The highest BCUT2D eigenvalue weighted by Gasteiger charge is 2.28. The largest absolute Gasteiger partial charge is 0.491 e. The van der Waals surface area contributed by atoms with Crippen molar-refractivity contribution in [2.45, 2.75) is 18.7 Å². The highest BCUT2D eigenvalue weighted by Crippen LogP contribution is 2.28. The van der Waals surface area contributed by atoms with E-state index in [1.807, 2.05) is 30.5 Å². The molecular formula is C12H18N2O2S. The van der Waals surface area contributed by atoms with Crippen molar-refractivity contribution in [1.29, 1.82) is 0 Å². The monoisotopic (exact) mass is 254 g/mol. The molecule has 0 aromatic heterocycles. The molecule has 1 rings (SSSR count). The molecule has 0 spiro atoms. The van der Waals surface area contributed by atoms with Gasteiger partial charge in [-0.25, -0.2) is 5.84 Å². The van der Waals surface area contributed by atoms with E-state index in [-0.39, 0.29) is 12.5 Å². The van der Waals surface area contributed by atoms with E-state index < -0.39 is 5.41 Å². The van der Waals surface area contributed by atoms with Crippen LogP contribution in [0.1, 0.15) is 13.8 Å². The lowest BCUT2D eigenvalue weighted by molar-refractivity contribution is -0.130. The summed E-state index contributed by atoms with van der Waals surface area (Å²) >= 11 is 1.61. The molecule has 0 fully saturated rings. The second-order valence-corrected chi connectivity index (χ2v) is 5.14. The van der Waals surface area contributed by atoms with Gasteiger partial charge >= 0.3 is 0 Å². The quantitative estimate of drug-likeness (QED) is 0.364. The Morgan fingerprint density at radius 2 is 2.12 bits per heavy atom. The summed E-state index contributed by atoms with van der Waals surface area (Å²) in [5.74, 6) is 5.68. The van der Waals surface area contributed by atoms with Gasteiger partial charge in [0.15, 0.2) is 0 Å². The van der Waals surface area contributed by atoms with Crippen molar-refractivity contribution in [3.63, 3.8) is 0 Å². The first kappa shape index (κ1) is 13.9. The lowest BCUT2D eigenvalue weighted by Gasteiger charge is -2.23. The molecule has 17 heavy (non-hydrogen) atoms. The van der Waals surface area contributed by atoms with Crippen molar-refractivity contribution in [1.82, 2.24) is 5.43 Å². The molecule has 0 atom stereocenters. The van der Waals surface area contributed by atoms with Gasteiger partial charge in [0.25, 0.3) is 0 Å². The Balaban J connectivity index is 2.70. The molecule has 5 heteroatoms. The second-order valence-electron chi connectivity index (χ2n) is 4.30. The zero-order chi connectivity index (χ0) is 12.9. The van der Waals surface area contributed by atoms with Gasteiger partial charge in [-0.05, 0) is 32.2 Å². The van der Waals surface area contributed by atoms with Crippen LogP contribution in [-0.4, -0.2) is 18.8 Å². The molecule has 0 saturated heterocycles. The third kappa shape index (κ3) is 3.64. The van der Waals surface area contributed by atoms with E-state index in [2.05, 4.69) is 5.43 Å². The van der Waals surface area contributed by atoms with Crippen LogP contribution >= 0.6 is 11.8 Å². The number of benzene rings is 1. The predicted molar refractivity (Wildman–Crippen MR) is 69.8 cm³/mol. The van der Waals surface area contributed by atoms with Crippen LogP contribution in [0.4, 0.5) is 0 Å². The van der Waals surface area contributed by atoms with E-state index in [9.17, 15) is 4.79 Å². The molecule has 0 radical (unpaired) electrons. The first-order chi connectivity index (χ1) is 8.01. The summed E-state index contributed by atoms with van der Waals surface area (Å²) in [4.78, 5) is 12.5. The number of carbonyl (C=O) groups is 1. The Labute approximate surface area is 106 Å². The minimum absolute atomic E-state index is 0.237. The van der Waals surface area contributed by atoms with E-state index in [1.165, 1.54) is 0 Å². The first-order valence-electron chi connectivity index (χ1n) is 5.28. The van der Waals surface area contributed by atoms with E-state index in [0.717, 1.165) is 10.6 Å². The van der Waals surface area contributed by atoms with Gasteiger partial charge < -0.3 is 4.74 Å². The normalized spacial score (nSPS) is 11.1. The van der Waals surface area contributed by atoms with E-state index in [1.54, 1.807) is 25.6 Å². The molecule has 1 aromatic rings. The van der Waals surface area contributed by atoms with Crippen molar-refractivity contribution >= 4 is 17.7 Å². The number of hydrazine groups is 1. The van der Waals surface area contributed by atoms with Crippen LogP contribution in [0.25, 0.3) is 0 Å². The molecule has 0 aliphatic heterocycles. The Morgan fingerprint density at radius 1 is 1.47 bits per heavy atom. The Hall–Kier alpha value is -1.20. The number of nitrogens with two attached hydrogens (primary N) is 1. The van der Waals surface area contributed by atoms with Gasteiger partial charge in [-0.15, -0.1) is 11.8 Å². The molecule has 0 heterocycles. The summed E-state index contributed by atoms with van der Waals surface area (Å²) < 4.78 is 5.68. The molecular weight excluding hydrogens is 236 g/mol. The molecule has 0 unspecified atom stereocenters. The molecule has 0 saturated carbocycles. The van der Waals surface area contributed by atoms with Gasteiger partial charge in [0, 0.05) is 4.90 Å². The van der Waals surface area contributed by atoms with Crippen molar-refractivity contribution in [2.24, 2.45) is 11.3 Å². The average Bonchev–Trinajstić information content (AvgIpc) is 2.35. The van der Waals surface area contributed by atoms with Crippen LogP contribution in [0, 0.1) is 5.41 Å². The summed E-state index contributed by atoms with van der Waals surface area (Å²) in [6, 6.07) is 7.74. The fraction of sp³-hybridized carbons (Fsp3) is 0.417. The number of rotatable bonds is 5. The summed E-state index contributed by atoms with van der Waals surface area (Å²) in [5, 5.41) is 0. The molecule has 0 aliphatic rings. The third-order valence-corrected chi connectivity index (χ3v) is 3.18. The van der Waals surface area contributed by atoms with Crippen LogP contribution in [0.2, 0.25) is 0 Å². The number of amides is 1. The molecule has 1 aromatic carbocycles. The summed E-state index contributed by atoms with van der Waals surface area (Å²) in [5.41, 5.74) is 1.49. The number of hydrogen-bond donors (Lipinski definition) is 2. The van der Waals surface area contributed by atoms with Crippen LogP contribution in [-0.2, 0) is 4.79 Å². The van der Waals surface area contributed by atoms with Crippen molar-refractivity contribution in [2.75, 3.05) is 12.9 Å². The standard InChI is InChI=1S/C12H18N2O2S/c1-12(2,11(15)14-13)8-16-9-6-4-5-7-10(9)17-3/h4-7H,8,13H2,1-3H3,(H,14,15). The summed E-state index contributed by atoms with van der Waals surface area (Å²) in [6.45, 7) is 3.86. The molecule has 0 bridgehead atoms. The van der Waals surface area contributed by atoms with Gasteiger partial charge in [-0.2, -0.15) is 0 Å². The highest BCUT2D eigenvalue weighted by molar-refractivity contribution is 7.98. The van der Waals surface area contributed by atoms with E-state index >= 15 is 0 Å². The van der Waals surface area contributed by atoms with Crippen molar-refractivity contribution < 1.29 is 9.53 Å². The van der Waals surface area contributed by atoms with Crippen molar-refractivity contribution in [3.8, 4) is 5.75 Å². The fourth-order valence-electron chi connectivity index (χ4n) is 1.26. The number of carbonyl (C=O) groups excluding carboxylic acids is 1. The lowest BCUT2D eigenvalue weighted by Crippen LogP contribution is -2.44. The topological polar surface area (TPSA) is 64.3 Å². The maximum atomic E-state index is 11.5. The average molecular weight is 254 g/mol. The third-order valence-electron chi connectivity index (χ3n) is 2.40. The number of nitrogens with one attached hydrogen (secondary N) is 1. The van der Waals surface area contributed by atoms with Gasteiger partial charge in [-0.3, -0.25) is 10.2 Å². The number of hydrogen-bond acceptors (Lipinski definition) is 4. The van der Waals surface area contributed by atoms with Crippen LogP contribution in [0.5, 0.6) is 5.75 Å². The maximum Gasteiger partial charge on any atom is 0.242 e. The molecule has 94 valence electrons.